The maximum absolute atomic E-state index is 11.8. The number of carbonyl (C=O) groups is 1. The van der Waals surface area contributed by atoms with Crippen LogP contribution in [0.5, 0.6) is 0 Å². The van der Waals surface area contributed by atoms with Crippen LogP contribution in [0.25, 0.3) is 0 Å². The summed E-state index contributed by atoms with van der Waals surface area (Å²) in [6.45, 7) is 7.74. The largest absolute Gasteiger partial charge is 0.355 e. The van der Waals surface area contributed by atoms with Gasteiger partial charge in [0, 0.05) is 63.6 Å². The third kappa shape index (κ3) is 6.56. The lowest BCUT2D eigenvalue weighted by Crippen LogP contribution is -2.48. The Labute approximate surface area is 172 Å². The van der Waals surface area contributed by atoms with Crippen molar-refractivity contribution in [3.05, 3.63) is 41.7 Å². The van der Waals surface area contributed by atoms with E-state index < -0.39 is 0 Å². The van der Waals surface area contributed by atoms with Crippen molar-refractivity contribution >= 4 is 22.6 Å². The van der Waals surface area contributed by atoms with Gasteiger partial charge in [-0.05, 0) is 12.0 Å². The van der Waals surface area contributed by atoms with E-state index in [0.29, 0.717) is 6.42 Å². The monoisotopic (exact) mass is 401 g/mol. The minimum absolute atomic E-state index is 0.187. The molecule has 0 saturated carbocycles. The van der Waals surface area contributed by atoms with Crippen molar-refractivity contribution in [3.8, 4) is 0 Å². The van der Waals surface area contributed by atoms with Gasteiger partial charge >= 0.3 is 0 Å². The van der Waals surface area contributed by atoms with Gasteiger partial charge in [-0.1, -0.05) is 50.1 Å². The molecule has 0 atom stereocenters. The molecule has 28 heavy (non-hydrogen) atoms. The van der Waals surface area contributed by atoms with Gasteiger partial charge in [-0.25, -0.2) is 4.98 Å². The highest BCUT2D eigenvalue weighted by molar-refractivity contribution is 7.09. The summed E-state index contributed by atoms with van der Waals surface area (Å²) >= 11 is 1.50. The van der Waals surface area contributed by atoms with Crippen LogP contribution in [0.4, 0.5) is 5.13 Å². The summed E-state index contributed by atoms with van der Waals surface area (Å²) in [5.41, 5.74) is 1.24. The molecule has 1 amide bonds. The number of hydrogen-bond donors (Lipinski definition) is 1. The zero-order valence-electron chi connectivity index (χ0n) is 16.8. The van der Waals surface area contributed by atoms with Crippen molar-refractivity contribution in [1.82, 2.24) is 19.6 Å². The van der Waals surface area contributed by atoms with Gasteiger partial charge in [-0.15, -0.1) is 0 Å². The average molecular weight is 402 g/mol. The second kappa shape index (κ2) is 11.1. The fraction of sp³-hybridized carbons (Fsp3) is 0.571. The van der Waals surface area contributed by atoms with E-state index in [1.807, 2.05) is 6.07 Å². The van der Waals surface area contributed by atoms with Gasteiger partial charge in [-0.2, -0.15) is 4.37 Å². The third-order valence-corrected chi connectivity index (χ3v) is 5.88. The summed E-state index contributed by atoms with van der Waals surface area (Å²) in [4.78, 5) is 21.2. The third-order valence-electron chi connectivity index (χ3n) is 5.06. The van der Waals surface area contributed by atoms with Gasteiger partial charge in [0.25, 0.3) is 0 Å². The maximum atomic E-state index is 11.8. The van der Waals surface area contributed by atoms with E-state index in [2.05, 4.69) is 50.7 Å². The molecule has 1 aliphatic heterocycles. The molecule has 2 aromatic rings. The molecule has 1 aliphatic rings. The first-order chi connectivity index (χ1) is 13.7. The van der Waals surface area contributed by atoms with Gasteiger partial charge in [0.15, 0.2) is 0 Å². The Morgan fingerprint density at radius 1 is 1.14 bits per heavy atom. The van der Waals surface area contributed by atoms with Gasteiger partial charge in [-0.3, -0.25) is 9.69 Å². The molecule has 152 valence electrons. The number of piperazine rings is 1. The summed E-state index contributed by atoms with van der Waals surface area (Å²) in [5, 5.41) is 4.07. The van der Waals surface area contributed by atoms with E-state index in [4.69, 9.17) is 4.98 Å². The van der Waals surface area contributed by atoms with Crippen LogP contribution in [0.2, 0.25) is 0 Å². The van der Waals surface area contributed by atoms with Gasteiger partial charge in [0.2, 0.25) is 11.0 Å². The molecule has 1 aromatic heterocycles. The van der Waals surface area contributed by atoms with E-state index >= 15 is 0 Å². The van der Waals surface area contributed by atoms with Gasteiger partial charge in [0.05, 0.1) is 0 Å². The first kappa shape index (κ1) is 20.7. The number of anilines is 1. The molecule has 0 spiro atoms. The highest BCUT2D eigenvalue weighted by atomic mass is 32.1. The molecule has 6 nitrogen and oxygen atoms in total. The molecule has 0 aliphatic carbocycles. The molecule has 1 N–H and O–H groups in total. The van der Waals surface area contributed by atoms with Crippen LogP contribution in [0, 0.1) is 0 Å². The fourth-order valence-electron chi connectivity index (χ4n) is 3.36. The summed E-state index contributed by atoms with van der Waals surface area (Å²) in [6, 6.07) is 10.4. The Morgan fingerprint density at radius 3 is 2.68 bits per heavy atom. The predicted molar refractivity (Wildman–Crippen MR) is 115 cm³/mol. The summed E-state index contributed by atoms with van der Waals surface area (Å²) < 4.78 is 4.53. The molecule has 7 heteroatoms. The van der Waals surface area contributed by atoms with Crippen LogP contribution in [-0.4, -0.2) is 59.4 Å². The first-order valence-corrected chi connectivity index (χ1v) is 11.1. The van der Waals surface area contributed by atoms with Gasteiger partial charge < -0.3 is 10.2 Å². The van der Waals surface area contributed by atoms with Crippen molar-refractivity contribution in [2.45, 2.75) is 39.0 Å². The van der Waals surface area contributed by atoms with E-state index in [-0.39, 0.29) is 5.91 Å². The van der Waals surface area contributed by atoms with E-state index in [1.165, 1.54) is 17.1 Å². The number of unbranched alkanes of at least 4 members (excludes halogenated alkanes) is 2. The maximum Gasteiger partial charge on any atom is 0.220 e. The second-order valence-electron chi connectivity index (χ2n) is 7.29. The topological polar surface area (TPSA) is 61.4 Å². The molecule has 3 rings (SSSR count). The molecule has 1 fully saturated rings. The Bertz CT molecular complexity index is 713. The number of nitrogens with one attached hydrogen (secondary N) is 1. The molecule has 0 bridgehead atoms. The van der Waals surface area contributed by atoms with Crippen molar-refractivity contribution < 1.29 is 4.79 Å². The number of rotatable bonds is 10. The lowest BCUT2D eigenvalue weighted by molar-refractivity contribution is -0.121. The zero-order chi connectivity index (χ0) is 19.6. The number of amides is 1. The van der Waals surface area contributed by atoms with E-state index in [9.17, 15) is 4.79 Å². The predicted octanol–water partition coefficient (Wildman–Crippen LogP) is 2.95. The van der Waals surface area contributed by atoms with Gasteiger partial charge in [0.1, 0.15) is 5.82 Å². The van der Waals surface area contributed by atoms with Crippen molar-refractivity contribution in [2.75, 3.05) is 44.2 Å². The number of nitrogens with zero attached hydrogens (tertiary/aromatic N) is 4. The minimum atomic E-state index is 0.187. The summed E-state index contributed by atoms with van der Waals surface area (Å²) in [5.74, 6) is 1.09. The minimum Gasteiger partial charge on any atom is -0.355 e. The van der Waals surface area contributed by atoms with Crippen LogP contribution < -0.4 is 10.2 Å². The molecular formula is C21H31N5OS. The molecule has 2 heterocycles. The normalized spacial score (nSPS) is 15.0. The van der Waals surface area contributed by atoms with E-state index in [1.54, 1.807) is 0 Å². The van der Waals surface area contributed by atoms with Crippen LogP contribution in [0.3, 0.4) is 0 Å². The Hall–Kier alpha value is -1.99. The zero-order valence-corrected chi connectivity index (χ0v) is 17.6. The molecule has 0 radical (unpaired) electrons. The first-order valence-electron chi connectivity index (χ1n) is 10.3. The highest BCUT2D eigenvalue weighted by Crippen LogP contribution is 2.20. The van der Waals surface area contributed by atoms with Crippen LogP contribution in [-0.2, 0) is 11.2 Å². The molecule has 1 saturated heterocycles. The average Bonchev–Trinajstić information content (AvgIpc) is 3.18. The van der Waals surface area contributed by atoms with Crippen molar-refractivity contribution in [1.29, 1.82) is 0 Å². The number of carbonyl (C=O) groups excluding carboxylic acids is 1. The fourth-order valence-corrected chi connectivity index (χ4v) is 4.10. The second-order valence-corrected chi connectivity index (χ2v) is 8.02. The van der Waals surface area contributed by atoms with Crippen molar-refractivity contribution in [2.24, 2.45) is 0 Å². The highest BCUT2D eigenvalue weighted by Gasteiger charge is 2.20. The Balaban J connectivity index is 1.36. The van der Waals surface area contributed by atoms with Crippen LogP contribution in [0.15, 0.2) is 30.3 Å². The SMILES string of the molecule is CCCCCC(=O)NCCN1CCN(c2nc(Cc3ccccc3)ns2)CC1. The van der Waals surface area contributed by atoms with E-state index in [0.717, 1.165) is 75.9 Å². The summed E-state index contributed by atoms with van der Waals surface area (Å²) in [6.07, 6.45) is 4.72. The number of hydrogen-bond acceptors (Lipinski definition) is 6. The van der Waals surface area contributed by atoms with Crippen molar-refractivity contribution in [3.63, 3.8) is 0 Å². The smallest absolute Gasteiger partial charge is 0.220 e. The standard InChI is InChI=1S/C21H31N5OS/c1-2-3-5-10-20(27)22-11-12-25-13-15-26(16-14-25)21-23-19(24-28-21)17-18-8-6-4-7-9-18/h4,6-9H,2-3,5,10-17H2,1H3,(H,22,27). The quantitative estimate of drug-likeness (QED) is 0.620. The number of benzene rings is 1. The van der Waals surface area contributed by atoms with Crippen LogP contribution in [0.1, 0.15) is 44.0 Å². The molecule has 1 aromatic carbocycles. The number of aromatic nitrogens is 2. The molecule has 0 unspecified atom stereocenters. The Morgan fingerprint density at radius 2 is 1.93 bits per heavy atom. The lowest BCUT2D eigenvalue weighted by Gasteiger charge is -2.34. The van der Waals surface area contributed by atoms with Crippen LogP contribution >= 0.6 is 11.5 Å². The summed E-state index contributed by atoms with van der Waals surface area (Å²) in [7, 11) is 0. The Kier molecular flexibility index (Phi) is 8.23. The lowest BCUT2D eigenvalue weighted by atomic mass is 10.1. The molecular weight excluding hydrogens is 370 g/mol.